The van der Waals surface area contributed by atoms with Gasteiger partial charge >= 0.3 is 0 Å². The molecule has 0 unspecified atom stereocenters. The van der Waals surface area contributed by atoms with Gasteiger partial charge in [0.05, 0.1) is 28.8 Å². The zero-order chi connectivity index (χ0) is 16.8. The molecule has 23 heavy (non-hydrogen) atoms. The predicted molar refractivity (Wildman–Crippen MR) is 94.8 cm³/mol. The van der Waals surface area contributed by atoms with Crippen LogP contribution in [-0.4, -0.2) is 23.3 Å². The zero-order valence-electron chi connectivity index (χ0n) is 13.5. The molecule has 3 N–H and O–H groups in total. The van der Waals surface area contributed by atoms with Gasteiger partial charge in [0.1, 0.15) is 6.29 Å². The Morgan fingerprint density at radius 2 is 1.91 bits per heavy atom. The van der Waals surface area contributed by atoms with E-state index in [1.807, 2.05) is 51.2 Å². The normalized spacial score (nSPS) is 9.87. The maximum absolute atomic E-state index is 10.5. The number of hydrogen-bond donors (Lipinski definition) is 2. The van der Waals surface area contributed by atoms with Crippen LogP contribution in [0, 0.1) is 13.8 Å². The Labute approximate surface area is 135 Å². The molecule has 0 fully saturated rings. The minimum atomic E-state index is 0.690. The van der Waals surface area contributed by atoms with E-state index in [1.54, 1.807) is 12.3 Å². The summed E-state index contributed by atoms with van der Waals surface area (Å²) in [4.78, 5) is 18.9. The van der Waals surface area contributed by atoms with Gasteiger partial charge in [-0.2, -0.15) is 0 Å². The van der Waals surface area contributed by atoms with E-state index in [2.05, 4.69) is 15.3 Å². The van der Waals surface area contributed by atoms with Crippen LogP contribution in [-0.2, 0) is 0 Å². The summed E-state index contributed by atoms with van der Waals surface area (Å²) in [5.41, 5.74) is 10.8. The van der Waals surface area contributed by atoms with Crippen LogP contribution in [0.1, 0.15) is 21.7 Å². The van der Waals surface area contributed by atoms with Gasteiger partial charge in [-0.25, -0.2) is 0 Å². The van der Waals surface area contributed by atoms with E-state index >= 15 is 0 Å². The average Bonchev–Trinajstić information content (AvgIpc) is 2.57. The van der Waals surface area contributed by atoms with Crippen molar-refractivity contribution in [2.75, 3.05) is 18.1 Å². The second-order valence-electron chi connectivity index (χ2n) is 5.17. The molecule has 2 heterocycles. The van der Waals surface area contributed by atoms with Gasteiger partial charge in [0, 0.05) is 23.7 Å². The van der Waals surface area contributed by atoms with E-state index in [1.165, 1.54) is 0 Å². The quantitative estimate of drug-likeness (QED) is 0.709. The topological polar surface area (TPSA) is 80.9 Å². The highest BCUT2D eigenvalue weighted by Crippen LogP contribution is 2.14. The van der Waals surface area contributed by atoms with Crippen molar-refractivity contribution >= 4 is 28.6 Å². The third kappa shape index (κ3) is 4.26. The molecule has 118 valence electrons. The first-order chi connectivity index (χ1) is 11.0. The number of aromatic nitrogens is 2. The van der Waals surface area contributed by atoms with E-state index in [0.717, 1.165) is 34.3 Å². The number of aryl methyl sites for hydroxylation is 2. The third-order valence-electron chi connectivity index (χ3n) is 3.37. The molecule has 0 saturated carbocycles. The number of rotatable bonds is 2. The van der Waals surface area contributed by atoms with Crippen molar-refractivity contribution in [3.05, 3.63) is 59.5 Å². The van der Waals surface area contributed by atoms with Crippen molar-refractivity contribution in [3.63, 3.8) is 0 Å². The number of aldehydes is 1. The number of fused-ring (bicyclic) bond motifs is 1. The Hall–Kier alpha value is -2.95. The lowest BCUT2D eigenvalue weighted by molar-refractivity contribution is 0.112. The van der Waals surface area contributed by atoms with E-state index < -0.39 is 0 Å². The number of benzene rings is 1. The van der Waals surface area contributed by atoms with Crippen molar-refractivity contribution < 1.29 is 4.79 Å². The highest BCUT2D eigenvalue weighted by molar-refractivity contribution is 5.86. The van der Waals surface area contributed by atoms with E-state index in [9.17, 15) is 4.79 Å². The first kappa shape index (κ1) is 16.4. The molecule has 0 aliphatic rings. The Morgan fingerprint density at radius 3 is 2.57 bits per heavy atom. The standard InChI is InChI=1S/C11H9NO.C7H11N3/c1-8-2-4-10-6-9(7-13)3-5-11(10)12-8;1-5-7(9-2)3-6(8)4-10-5/h2-7H,1H3;3-4,9H,8H2,1-2H3. The number of nitrogens with one attached hydrogen (secondary N) is 1. The molecular formula is C18H20N4O. The molecule has 0 spiro atoms. The number of anilines is 2. The van der Waals surface area contributed by atoms with E-state index in [-0.39, 0.29) is 0 Å². The fourth-order valence-corrected chi connectivity index (χ4v) is 2.12. The van der Waals surface area contributed by atoms with Crippen LogP contribution in [0.15, 0.2) is 42.6 Å². The smallest absolute Gasteiger partial charge is 0.150 e. The molecule has 3 rings (SSSR count). The van der Waals surface area contributed by atoms with Gasteiger partial charge in [-0.3, -0.25) is 14.8 Å². The van der Waals surface area contributed by atoms with Crippen molar-refractivity contribution in [1.82, 2.24) is 9.97 Å². The van der Waals surface area contributed by atoms with Crippen molar-refractivity contribution in [2.24, 2.45) is 0 Å². The number of nitrogens with two attached hydrogens (primary N) is 1. The Kier molecular flexibility index (Phi) is 5.25. The van der Waals surface area contributed by atoms with Crippen molar-refractivity contribution in [3.8, 4) is 0 Å². The molecule has 5 heteroatoms. The summed E-state index contributed by atoms with van der Waals surface area (Å²) in [5, 5.41) is 4.00. The van der Waals surface area contributed by atoms with Gasteiger partial charge in [-0.05, 0) is 44.2 Å². The fourth-order valence-electron chi connectivity index (χ4n) is 2.12. The minimum absolute atomic E-state index is 0.690. The van der Waals surface area contributed by atoms with Gasteiger partial charge in [0.2, 0.25) is 0 Å². The lowest BCUT2D eigenvalue weighted by atomic mass is 10.1. The summed E-state index contributed by atoms with van der Waals surface area (Å²) in [5.74, 6) is 0. The molecule has 2 aromatic heterocycles. The second-order valence-corrected chi connectivity index (χ2v) is 5.17. The minimum Gasteiger partial charge on any atom is -0.397 e. The molecule has 0 saturated heterocycles. The Bertz CT molecular complexity index is 830. The maximum Gasteiger partial charge on any atom is 0.150 e. The first-order valence-electron chi connectivity index (χ1n) is 7.26. The lowest BCUT2D eigenvalue weighted by Crippen LogP contribution is -1.96. The van der Waals surface area contributed by atoms with Crippen LogP contribution >= 0.6 is 0 Å². The summed E-state index contributed by atoms with van der Waals surface area (Å²) >= 11 is 0. The molecule has 1 aromatic carbocycles. The number of pyridine rings is 2. The van der Waals surface area contributed by atoms with Crippen LogP contribution in [0.3, 0.4) is 0 Å². The molecule has 5 nitrogen and oxygen atoms in total. The lowest BCUT2D eigenvalue weighted by Gasteiger charge is -2.03. The van der Waals surface area contributed by atoms with Crippen molar-refractivity contribution in [2.45, 2.75) is 13.8 Å². The number of carbonyl (C=O) groups is 1. The average molecular weight is 308 g/mol. The Morgan fingerprint density at radius 1 is 1.13 bits per heavy atom. The maximum atomic E-state index is 10.5. The highest BCUT2D eigenvalue weighted by Gasteiger charge is 1.96. The highest BCUT2D eigenvalue weighted by atomic mass is 16.1. The number of nitrogen functional groups attached to an aromatic ring is 1. The fraction of sp³-hybridized carbons (Fsp3) is 0.167. The van der Waals surface area contributed by atoms with Gasteiger partial charge in [0.25, 0.3) is 0 Å². The summed E-state index contributed by atoms with van der Waals surface area (Å²) in [6.07, 6.45) is 2.50. The molecule has 0 atom stereocenters. The van der Waals surface area contributed by atoms with Crippen LogP contribution in [0.2, 0.25) is 0 Å². The van der Waals surface area contributed by atoms with Gasteiger partial charge in [-0.15, -0.1) is 0 Å². The SMILES string of the molecule is CNc1cc(N)cnc1C.Cc1ccc2cc(C=O)ccc2n1. The number of carbonyl (C=O) groups excluding carboxylic acids is 1. The molecule has 0 aliphatic heterocycles. The largest absolute Gasteiger partial charge is 0.397 e. The predicted octanol–water partition coefficient (Wildman–Crippen LogP) is 3.37. The van der Waals surface area contributed by atoms with Crippen molar-refractivity contribution in [1.29, 1.82) is 0 Å². The Balaban J connectivity index is 0.000000174. The van der Waals surface area contributed by atoms with Gasteiger partial charge in [0.15, 0.2) is 0 Å². The molecule has 0 amide bonds. The summed E-state index contributed by atoms with van der Waals surface area (Å²) in [6, 6.07) is 11.3. The van der Waals surface area contributed by atoms with Crippen LogP contribution in [0.25, 0.3) is 10.9 Å². The monoisotopic (exact) mass is 308 g/mol. The third-order valence-corrected chi connectivity index (χ3v) is 3.37. The van der Waals surface area contributed by atoms with Gasteiger partial charge < -0.3 is 11.1 Å². The molecule has 3 aromatic rings. The van der Waals surface area contributed by atoms with E-state index in [0.29, 0.717) is 11.3 Å². The van der Waals surface area contributed by atoms with E-state index in [4.69, 9.17) is 5.73 Å². The zero-order valence-corrected chi connectivity index (χ0v) is 13.5. The first-order valence-corrected chi connectivity index (χ1v) is 7.26. The summed E-state index contributed by atoms with van der Waals surface area (Å²) in [6.45, 7) is 3.89. The summed E-state index contributed by atoms with van der Waals surface area (Å²) < 4.78 is 0. The molecular weight excluding hydrogens is 288 g/mol. The van der Waals surface area contributed by atoms with Crippen LogP contribution in [0.4, 0.5) is 11.4 Å². The molecule has 0 bridgehead atoms. The molecule has 0 radical (unpaired) electrons. The number of hydrogen-bond acceptors (Lipinski definition) is 5. The van der Waals surface area contributed by atoms with Crippen LogP contribution < -0.4 is 11.1 Å². The van der Waals surface area contributed by atoms with Crippen LogP contribution in [0.5, 0.6) is 0 Å². The van der Waals surface area contributed by atoms with Gasteiger partial charge in [-0.1, -0.05) is 6.07 Å². The summed E-state index contributed by atoms with van der Waals surface area (Å²) in [7, 11) is 1.85. The molecule has 0 aliphatic carbocycles. The second kappa shape index (κ2) is 7.35. The number of nitrogens with zero attached hydrogens (tertiary/aromatic N) is 2.